The zero-order valence-corrected chi connectivity index (χ0v) is 17.0. The molecule has 0 spiro atoms. The van der Waals surface area contributed by atoms with Crippen LogP contribution in [-0.4, -0.2) is 16.2 Å². The summed E-state index contributed by atoms with van der Waals surface area (Å²) in [4.78, 5) is 12.4. The van der Waals surface area contributed by atoms with Crippen molar-refractivity contribution >= 4 is 27.4 Å². The predicted molar refractivity (Wildman–Crippen MR) is 116 cm³/mol. The third kappa shape index (κ3) is 2.72. The second kappa shape index (κ2) is 6.09. The SMILES string of the molecule is O=C(O)c1ccc2cc(-c3ccc(O)c(C45CC6CC(CC(C6)C4)C5)c3)sc2c1. The molecule has 4 saturated carbocycles. The lowest BCUT2D eigenvalue weighted by atomic mass is 9.48. The van der Waals surface area contributed by atoms with Gasteiger partial charge in [-0.1, -0.05) is 6.07 Å². The van der Waals surface area contributed by atoms with Crippen LogP contribution >= 0.6 is 11.3 Å². The van der Waals surface area contributed by atoms with Gasteiger partial charge in [0.05, 0.1) is 5.56 Å². The summed E-state index contributed by atoms with van der Waals surface area (Å²) >= 11 is 1.63. The molecule has 2 aromatic carbocycles. The summed E-state index contributed by atoms with van der Waals surface area (Å²) in [6.45, 7) is 0. The smallest absolute Gasteiger partial charge is 0.335 e. The van der Waals surface area contributed by atoms with Crippen LogP contribution in [0.2, 0.25) is 0 Å². The van der Waals surface area contributed by atoms with Gasteiger partial charge < -0.3 is 10.2 Å². The second-order valence-corrected chi connectivity index (χ2v) is 10.7. The largest absolute Gasteiger partial charge is 0.508 e. The third-order valence-electron chi connectivity index (χ3n) is 7.66. The van der Waals surface area contributed by atoms with Crippen LogP contribution in [0.5, 0.6) is 5.75 Å². The fraction of sp³-hybridized carbons (Fsp3) is 0.400. The molecule has 4 aliphatic carbocycles. The summed E-state index contributed by atoms with van der Waals surface area (Å²) in [7, 11) is 0. The van der Waals surface area contributed by atoms with Gasteiger partial charge in [-0.25, -0.2) is 4.79 Å². The molecule has 4 aliphatic rings. The molecule has 0 aliphatic heterocycles. The van der Waals surface area contributed by atoms with Gasteiger partial charge in [-0.05, 0) is 109 Å². The Morgan fingerprint density at radius 2 is 1.62 bits per heavy atom. The lowest BCUT2D eigenvalue weighted by molar-refractivity contribution is -0.00611. The number of aromatic carboxylic acids is 1. The Kier molecular flexibility index (Phi) is 3.68. The Hall–Kier alpha value is -2.33. The molecule has 4 fully saturated rings. The Morgan fingerprint density at radius 1 is 0.931 bits per heavy atom. The molecular weight excluding hydrogens is 380 g/mol. The van der Waals surface area contributed by atoms with Crippen molar-refractivity contribution < 1.29 is 15.0 Å². The monoisotopic (exact) mass is 404 g/mol. The van der Waals surface area contributed by atoms with Crippen LogP contribution in [0.3, 0.4) is 0 Å². The average molecular weight is 405 g/mol. The molecule has 29 heavy (non-hydrogen) atoms. The quantitative estimate of drug-likeness (QED) is 0.528. The van der Waals surface area contributed by atoms with E-state index in [2.05, 4.69) is 12.1 Å². The van der Waals surface area contributed by atoms with Gasteiger partial charge in [0.1, 0.15) is 5.75 Å². The number of thiophene rings is 1. The summed E-state index contributed by atoms with van der Waals surface area (Å²) < 4.78 is 0.990. The van der Waals surface area contributed by atoms with Gasteiger partial charge in [0.2, 0.25) is 0 Å². The standard InChI is InChI=1S/C25H24O3S/c26-21-4-3-17(22-9-18-1-2-19(24(27)28)10-23(18)29-22)8-20(21)25-11-14-5-15(12-25)7-16(6-14)13-25/h1-4,8-10,14-16,26H,5-7,11-13H2,(H,27,28). The van der Waals surface area contributed by atoms with Crippen molar-refractivity contribution in [2.24, 2.45) is 17.8 Å². The van der Waals surface area contributed by atoms with Crippen LogP contribution in [0.25, 0.3) is 20.5 Å². The Morgan fingerprint density at radius 3 is 2.28 bits per heavy atom. The zero-order valence-electron chi connectivity index (χ0n) is 16.2. The normalized spacial score (nSPS) is 30.1. The van der Waals surface area contributed by atoms with Crippen molar-refractivity contribution in [3.8, 4) is 16.2 Å². The minimum atomic E-state index is -0.893. The number of aromatic hydroxyl groups is 1. The Bertz CT molecular complexity index is 1110. The highest BCUT2D eigenvalue weighted by molar-refractivity contribution is 7.22. The minimum Gasteiger partial charge on any atom is -0.508 e. The van der Waals surface area contributed by atoms with E-state index in [1.54, 1.807) is 23.5 Å². The summed E-state index contributed by atoms with van der Waals surface area (Å²) in [6.07, 6.45) is 7.85. The first kappa shape index (κ1) is 17.5. The van der Waals surface area contributed by atoms with Gasteiger partial charge in [-0.15, -0.1) is 11.3 Å². The van der Waals surface area contributed by atoms with Gasteiger partial charge in [0.25, 0.3) is 0 Å². The molecule has 2 N–H and O–H groups in total. The lowest BCUT2D eigenvalue weighted by Crippen LogP contribution is -2.48. The van der Waals surface area contributed by atoms with Crippen LogP contribution in [0.15, 0.2) is 42.5 Å². The first-order chi connectivity index (χ1) is 14.0. The molecule has 1 aromatic heterocycles. The fourth-order valence-electron chi connectivity index (χ4n) is 6.86. The van der Waals surface area contributed by atoms with E-state index in [0.29, 0.717) is 11.3 Å². The number of hydrogen-bond acceptors (Lipinski definition) is 3. The van der Waals surface area contributed by atoms with Gasteiger partial charge in [0, 0.05) is 15.1 Å². The van der Waals surface area contributed by atoms with Crippen LogP contribution in [-0.2, 0) is 5.41 Å². The summed E-state index contributed by atoms with van der Waals surface area (Å²) in [5, 5.41) is 21.1. The molecule has 0 atom stereocenters. The Balaban J connectivity index is 1.43. The maximum atomic E-state index is 11.3. The molecule has 0 unspecified atom stereocenters. The van der Waals surface area contributed by atoms with E-state index in [-0.39, 0.29) is 5.41 Å². The first-order valence-corrected chi connectivity index (χ1v) is 11.4. The minimum absolute atomic E-state index is 0.155. The number of hydrogen-bond donors (Lipinski definition) is 2. The van der Waals surface area contributed by atoms with E-state index < -0.39 is 5.97 Å². The number of phenolic OH excluding ortho intramolecular Hbond substituents is 1. The molecule has 7 rings (SSSR count). The molecule has 0 radical (unpaired) electrons. The lowest BCUT2D eigenvalue weighted by Gasteiger charge is -2.57. The van der Waals surface area contributed by atoms with Crippen molar-refractivity contribution in [3.63, 3.8) is 0 Å². The number of carboxylic acids is 1. The van der Waals surface area contributed by atoms with Crippen LogP contribution < -0.4 is 0 Å². The summed E-state index contributed by atoms with van der Waals surface area (Å²) in [6, 6.07) is 13.6. The molecule has 4 bridgehead atoms. The molecule has 148 valence electrons. The van der Waals surface area contributed by atoms with Gasteiger partial charge >= 0.3 is 5.97 Å². The van der Waals surface area contributed by atoms with E-state index in [9.17, 15) is 15.0 Å². The fourth-order valence-corrected chi connectivity index (χ4v) is 7.96. The number of rotatable bonds is 3. The number of benzene rings is 2. The van der Waals surface area contributed by atoms with E-state index in [1.807, 2.05) is 18.2 Å². The number of carboxylic acid groups (broad SMARTS) is 1. The average Bonchev–Trinajstić information content (AvgIpc) is 3.10. The van der Waals surface area contributed by atoms with E-state index in [1.165, 1.54) is 38.5 Å². The maximum absolute atomic E-state index is 11.3. The highest BCUT2D eigenvalue weighted by Gasteiger charge is 2.52. The molecule has 3 nitrogen and oxygen atoms in total. The van der Waals surface area contributed by atoms with Crippen molar-refractivity contribution in [2.75, 3.05) is 0 Å². The second-order valence-electron chi connectivity index (χ2n) is 9.60. The number of phenols is 1. The maximum Gasteiger partial charge on any atom is 0.335 e. The molecule has 3 aromatic rings. The topological polar surface area (TPSA) is 57.5 Å². The summed E-state index contributed by atoms with van der Waals surface area (Å²) in [5.74, 6) is 2.06. The Labute approximate surface area is 174 Å². The highest BCUT2D eigenvalue weighted by Crippen LogP contribution is 2.62. The number of fused-ring (bicyclic) bond motifs is 1. The molecule has 4 heteroatoms. The van der Waals surface area contributed by atoms with Crippen LogP contribution in [0, 0.1) is 17.8 Å². The number of carbonyl (C=O) groups is 1. The molecule has 0 amide bonds. The van der Waals surface area contributed by atoms with Gasteiger partial charge in [-0.2, -0.15) is 0 Å². The first-order valence-electron chi connectivity index (χ1n) is 10.6. The van der Waals surface area contributed by atoms with Crippen LogP contribution in [0.1, 0.15) is 54.4 Å². The van der Waals surface area contributed by atoms with E-state index >= 15 is 0 Å². The van der Waals surface area contributed by atoms with E-state index in [0.717, 1.165) is 43.8 Å². The third-order valence-corrected chi connectivity index (χ3v) is 8.80. The predicted octanol–water partition coefficient (Wildman–Crippen LogP) is 6.44. The highest BCUT2D eigenvalue weighted by atomic mass is 32.1. The molecular formula is C25H24O3S. The van der Waals surface area contributed by atoms with Crippen LogP contribution in [0.4, 0.5) is 0 Å². The van der Waals surface area contributed by atoms with Crippen molar-refractivity contribution in [1.29, 1.82) is 0 Å². The zero-order chi connectivity index (χ0) is 19.8. The van der Waals surface area contributed by atoms with Gasteiger partial charge in [-0.3, -0.25) is 0 Å². The van der Waals surface area contributed by atoms with Crippen molar-refractivity contribution in [3.05, 3.63) is 53.6 Å². The summed E-state index contributed by atoms with van der Waals surface area (Å²) in [5.41, 5.74) is 2.76. The molecule has 1 heterocycles. The molecule has 0 saturated heterocycles. The van der Waals surface area contributed by atoms with E-state index in [4.69, 9.17) is 0 Å². The van der Waals surface area contributed by atoms with Crippen molar-refractivity contribution in [2.45, 2.75) is 43.9 Å². The van der Waals surface area contributed by atoms with Crippen molar-refractivity contribution in [1.82, 2.24) is 0 Å². The van der Waals surface area contributed by atoms with Gasteiger partial charge in [0.15, 0.2) is 0 Å².